The van der Waals surface area contributed by atoms with Crippen molar-refractivity contribution in [2.75, 3.05) is 7.11 Å². The van der Waals surface area contributed by atoms with Crippen LogP contribution in [0.4, 0.5) is 26.3 Å². The standard InChI is InChI=1S/C26H14Cl2F6O/c1-35-16-6-2-13(3-7-16)23-17(15-5-9-22(29)21(28)11-15)12-18(24(30)25(23)31)14-4-8-20(27)19(10-14)26(32,33)34/h2-12H,1H3. The van der Waals surface area contributed by atoms with E-state index >= 15 is 8.78 Å². The van der Waals surface area contributed by atoms with Gasteiger partial charge >= 0.3 is 6.18 Å². The van der Waals surface area contributed by atoms with Crippen molar-refractivity contribution in [1.82, 2.24) is 0 Å². The lowest BCUT2D eigenvalue weighted by Crippen LogP contribution is -2.06. The van der Waals surface area contributed by atoms with Gasteiger partial charge in [0.25, 0.3) is 0 Å². The summed E-state index contributed by atoms with van der Waals surface area (Å²) in [6.45, 7) is 0. The number of rotatable bonds is 4. The minimum absolute atomic E-state index is 0.0921. The summed E-state index contributed by atoms with van der Waals surface area (Å²) in [7, 11) is 1.44. The lowest BCUT2D eigenvalue weighted by Gasteiger charge is -2.17. The molecule has 0 amide bonds. The summed E-state index contributed by atoms with van der Waals surface area (Å²) >= 11 is 11.6. The maximum Gasteiger partial charge on any atom is 0.417 e. The fourth-order valence-corrected chi connectivity index (χ4v) is 4.08. The van der Waals surface area contributed by atoms with Crippen molar-refractivity contribution in [2.24, 2.45) is 0 Å². The van der Waals surface area contributed by atoms with Crippen molar-refractivity contribution in [1.29, 1.82) is 0 Å². The van der Waals surface area contributed by atoms with E-state index in [0.29, 0.717) is 11.8 Å². The molecule has 0 bridgehead atoms. The smallest absolute Gasteiger partial charge is 0.417 e. The molecule has 0 atom stereocenters. The molecular weight excluding hydrogens is 513 g/mol. The fraction of sp³-hybridized carbons (Fsp3) is 0.0769. The van der Waals surface area contributed by atoms with E-state index in [9.17, 15) is 17.6 Å². The van der Waals surface area contributed by atoms with E-state index in [0.717, 1.165) is 18.2 Å². The van der Waals surface area contributed by atoms with Gasteiger partial charge < -0.3 is 4.74 Å². The van der Waals surface area contributed by atoms with Gasteiger partial charge in [-0.1, -0.05) is 47.5 Å². The molecule has 0 spiro atoms. The minimum atomic E-state index is -4.81. The van der Waals surface area contributed by atoms with Gasteiger partial charge in [0.2, 0.25) is 0 Å². The first-order valence-corrected chi connectivity index (χ1v) is 10.8. The number of methoxy groups -OCH3 is 1. The number of halogens is 8. The Morgan fingerprint density at radius 1 is 0.657 bits per heavy atom. The number of alkyl halides is 3. The summed E-state index contributed by atoms with van der Waals surface area (Å²) in [5.74, 6) is -2.91. The van der Waals surface area contributed by atoms with Gasteiger partial charge in [-0.2, -0.15) is 13.2 Å². The van der Waals surface area contributed by atoms with E-state index in [1.807, 2.05) is 0 Å². The third-order valence-electron chi connectivity index (χ3n) is 5.40. The van der Waals surface area contributed by atoms with Crippen molar-refractivity contribution >= 4 is 23.2 Å². The molecule has 0 heterocycles. The topological polar surface area (TPSA) is 9.23 Å². The number of ether oxygens (including phenoxy) is 1. The van der Waals surface area contributed by atoms with Crippen LogP contribution in [0.5, 0.6) is 5.75 Å². The quantitative estimate of drug-likeness (QED) is 0.240. The predicted molar refractivity (Wildman–Crippen MR) is 124 cm³/mol. The molecule has 0 aliphatic rings. The lowest BCUT2D eigenvalue weighted by atomic mass is 9.89. The first kappa shape index (κ1) is 24.9. The third-order valence-corrected chi connectivity index (χ3v) is 6.02. The molecule has 0 aromatic heterocycles. The van der Waals surface area contributed by atoms with E-state index < -0.39 is 39.8 Å². The maximum atomic E-state index is 15.6. The monoisotopic (exact) mass is 526 g/mol. The fourth-order valence-electron chi connectivity index (χ4n) is 3.68. The molecule has 0 radical (unpaired) electrons. The largest absolute Gasteiger partial charge is 0.497 e. The Labute approximate surface area is 206 Å². The molecule has 9 heteroatoms. The third kappa shape index (κ3) is 4.83. The Bertz CT molecular complexity index is 1420. The van der Waals surface area contributed by atoms with Crippen LogP contribution in [0.2, 0.25) is 10.0 Å². The Kier molecular flexibility index (Phi) is 6.75. The highest BCUT2D eigenvalue weighted by Crippen LogP contribution is 2.43. The Morgan fingerprint density at radius 2 is 1.26 bits per heavy atom. The SMILES string of the molecule is COc1ccc(-c2c(-c3ccc(F)c(Cl)c3)cc(-c3ccc(Cl)c(C(F)(F)F)c3)c(F)c2F)cc1. The van der Waals surface area contributed by atoms with E-state index in [-0.39, 0.29) is 32.8 Å². The van der Waals surface area contributed by atoms with Crippen LogP contribution in [0, 0.1) is 17.5 Å². The highest BCUT2D eigenvalue weighted by atomic mass is 35.5. The van der Waals surface area contributed by atoms with Gasteiger partial charge in [0.15, 0.2) is 11.6 Å². The Morgan fingerprint density at radius 3 is 1.86 bits per heavy atom. The maximum absolute atomic E-state index is 15.6. The van der Waals surface area contributed by atoms with Crippen LogP contribution in [-0.2, 0) is 6.18 Å². The minimum Gasteiger partial charge on any atom is -0.497 e. The summed E-state index contributed by atoms with van der Waals surface area (Å²) in [5.41, 5.74) is -1.46. The van der Waals surface area contributed by atoms with E-state index in [2.05, 4.69) is 0 Å². The first-order valence-electron chi connectivity index (χ1n) is 10.00. The van der Waals surface area contributed by atoms with E-state index in [4.69, 9.17) is 27.9 Å². The highest BCUT2D eigenvalue weighted by Gasteiger charge is 2.34. The van der Waals surface area contributed by atoms with Gasteiger partial charge in [0, 0.05) is 11.1 Å². The van der Waals surface area contributed by atoms with Crippen molar-refractivity contribution in [3.05, 3.63) is 99.8 Å². The average molecular weight is 527 g/mol. The molecule has 0 aliphatic heterocycles. The highest BCUT2D eigenvalue weighted by molar-refractivity contribution is 6.31. The molecule has 0 saturated heterocycles. The summed E-state index contributed by atoms with van der Waals surface area (Å²) in [6, 6.07) is 13.6. The van der Waals surface area contributed by atoms with E-state index in [1.54, 1.807) is 0 Å². The molecule has 0 N–H and O–H groups in total. The van der Waals surface area contributed by atoms with Crippen LogP contribution >= 0.6 is 23.2 Å². The van der Waals surface area contributed by atoms with Gasteiger partial charge in [0.05, 0.1) is 22.7 Å². The molecule has 0 fully saturated rings. The Hall–Kier alpha value is -3.16. The molecule has 0 saturated carbocycles. The summed E-state index contributed by atoms with van der Waals surface area (Å²) < 4.78 is 90.0. The summed E-state index contributed by atoms with van der Waals surface area (Å²) in [5, 5.41) is -0.845. The molecule has 4 aromatic carbocycles. The molecule has 35 heavy (non-hydrogen) atoms. The summed E-state index contributed by atoms with van der Waals surface area (Å²) in [6.07, 6.45) is -4.81. The molecule has 4 aromatic rings. The van der Waals surface area contributed by atoms with E-state index in [1.165, 1.54) is 49.6 Å². The summed E-state index contributed by atoms with van der Waals surface area (Å²) in [4.78, 5) is 0. The molecule has 1 nitrogen and oxygen atoms in total. The predicted octanol–water partition coefficient (Wildman–Crippen LogP) is 9.44. The molecular formula is C26H14Cl2F6O. The number of hydrogen-bond donors (Lipinski definition) is 0. The first-order chi connectivity index (χ1) is 16.5. The molecule has 0 unspecified atom stereocenters. The molecule has 180 valence electrons. The van der Waals surface area contributed by atoms with Crippen LogP contribution in [0.3, 0.4) is 0 Å². The van der Waals surface area contributed by atoms with Crippen LogP contribution < -0.4 is 4.74 Å². The number of hydrogen-bond acceptors (Lipinski definition) is 1. The van der Waals surface area contributed by atoms with Crippen molar-refractivity contribution in [3.8, 4) is 39.1 Å². The zero-order chi connectivity index (χ0) is 25.5. The average Bonchev–Trinajstić information content (AvgIpc) is 2.82. The second kappa shape index (κ2) is 9.47. The van der Waals surface area contributed by atoms with Crippen molar-refractivity contribution in [3.63, 3.8) is 0 Å². The van der Waals surface area contributed by atoms with Crippen molar-refractivity contribution < 1.29 is 31.1 Å². The zero-order valence-electron chi connectivity index (χ0n) is 17.8. The lowest BCUT2D eigenvalue weighted by molar-refractivity contribution is -0.137. The zero-order valence-corrected chi connectivity index (χ0v) is 19.3. The Balaban J connectivity index is 2.02. The van der Waals surface area contributed by atoms with Crippen molar-refractivity contribution in [2.45, 2.75) is 6.18 Å². The van der Waals surface area contributed by atoms with Gasteiger partial charge in [-0.25, -0.2) is 13.2 Å². The second-order valence-electron chi connectivity index (χ2n) is 7.52. The van der Waals surface area contributed by atoms with Gasteiger partial charge in [-0.15, -0.1) is 0 Å². The number of benzene rings is 4. The second-order valence-corrected chi connectivity index (χ2v) is 8.34. The van der Waals surface area contributed by atoms with Crippen LogP contribution in [-0.4, -0.2) is 7.11 Å². The van der Waals surface area contributed by atoms with Gasteiger partial charge in [0.1, 0.15) is 11.6 Å². The van der Waals surface area contributed by atoms with Gasteiger partial charge in [-0.3, -0.25) is 0 Å². The van der Waals surface area contributed by atoms with Crippen LogP contribution in [0.15, 0.2) is 66.7 Å². The normalized spacial score (nSPS) is 11.6. The van der Waals surface area contributed by atoms with Gasteiger partial charge in [-0.05, 0) is 64.7 Å². The molecule has 4 rings (SSSR count). The molecule has 0 aliphatic carbocycles. The van der Waals surface area contributed by atoms with Crippen LogP contribution in [0.1, 0.15) is 5.56 Å². The van der Waals surface area contributed by atoms with Crippen LogP contribution in [0.25, 0.3) is 33.4 Å².